The molecule has 0 aromatic carbocycles. The maximum atomic E-state index is 11.5. The second-order valence-corrected chi connectivity index (χ2v) is 7.45. The largest absolute Gasteiger partial charge is 0.481 e. The molecule has 98 valence electrons. The summed E-state index contributed by atoms with van der Waals surface area (Å²) in [5, 5.41) is 9.38. The van der Waals surface area contributed by atoms with E-state index in [9.17, 15) is 18.3 Å². The van der Waals surface area contributed by atoms with Crippen LogP contribution in [0.15, 0.2) is 0 Å². The molecule has 6 heteroatoms. The van der Waals surface area contributed by atoms with E-state index in [1.54, 1.807) is 6.92 Å². The molecule has 2 saturated heterocycles. The van der Waals surface area contributed by atoms with Gasteiger partial charge in [0.1, 0.15) is 9.84 Å². The fourth-order valence-corrected chi connectivity index (χ4v) is 3.84. The lowest BCUT2D eigenvalue weighted by atomic mass is 9.72. The van der Waals surface area contributed by atoms with Gasteiger partial charge in [0.05, 0.1) is 23.4 Å². The van der Waals surface area contributed by atoms with Crippen molar-refractivity contribution >= 4 is 15.8 Å². The van der Waals surface area contributed by atoms with Gasteiger partial charge in [0.15, 0.2) is 0 Å². The molecule has 2 bridgehead atoms. The van der Waals surface area contributed by atoms with E-state index < -0.39 is 21.2 Å². The Hall–Kier alpha value is -0.620. The van der Waals surface area contributed by atoms with Gasteiger partial charge in [-0.25, -0.2) is 8.42 Å². The highest BCUT2D eigenvalue weighted by atomic mass is 32.2. The van der Waals surface area contributed by atoms with E-state index in [2.05, 4.69) is 0 Å². The van der Waals surface area contributed by atoms with Crippen LogP contribution in [0, 0.1) is 5.41 Å². The van der Waals surface area contributed by atoms with Crippen molar-refractivity contribution in [1.29, 1.82) is 0 Å². The molecule has 0 aliphatic carbocycles. The van der Waals surface area contributed by atoms with Gasteiger partial charge in [-0.15, -0.1) is 0 Å². The highest BCUT2D eigenvalue weighted by molar-refractivity contribution is 7.91. The predicted molar refractivity (Wildman–Crippen MR) is 61.5 cm³/mol. The van der Waals surface area contributed by atoms with Gasteiger partial charge in [0, 0.05) is 5.75 Å². The van der Waals surface area contributed by atoms with Crippen LogP contribution in [-0.2, 0) is 19.4 Å². The van der Waals surface area contributed by atoms with E-state index in [-0.39, 0.29) is 30.1 Å². The number of carboxylic acid groups (broad SMARTS) is 1. The Bertz CT molecular complexity index is 416. The van der Waals surface area contributed by atoms with Crippen LogP contribution in [0.1, 0.15) is 32.6 Å². The second kappa shape index (κ2) is 4.24. The van der Waals surface area contributed by atoms with E-state index in [0.717, 1.165) is 12.8 Å². The molecule has 3 atom stereocenters. The van der Waals surface area contributed by atoms with Crippen LogP contribution < -0.4 is 0 Å². The van der Waals surface area contributed by atoms with Crippen molar-refractivity contribution in [3.8, 4) is 0 Å². The molecule has 0 radical (unpaired) electrons. The monoisotopic (exact) mass is 262 g/mol. The van der Waals surface area contributed by atoms with Crippen molar-refractivity contribution in [3.05, 3.63) is 0 Å². The predicted octanol–water partition coefficient (Wildman–Crippen LogP) is 0.833. The fraction of sp³-hybridized carbons (Fsp3) is 0.909. The summed E-state index contributed by atoms with van der Waals surface area (Å²) < 4.78 is 28.6. The van der Waals surface area contributed by atoms with E-state index in [0.29, 0.717) is 6.42 Å². The standard InChI is InChI=1S/C11H18O5S/c1-2-17(14,15)6-5-11(10(12)13)7-8-3-4-9(11)16-8/h8-9H,2-7H2,1H3,(H,12,13). The maximum Gasteiger partial charge on any atom is 0.312 e. The van der Waals surface area contributed by atoms with Crippen LogP contribution in [0.4, 0.5) is 0 Å². The average molecular weight is 262 g/mol. The number of carbonyl (C=O) groups is 1. The normalized spacial score (nSPS) is 36.3. The third-order valence-electron chi connectivity index (χ3n) is 4.04. The van der Waals surface area contributed by atoms with Crippen LogP contribution in [0.25, 0.3) is 0 Å². The molecule has 2 aliphatic rings. The molecule has 0 aromatic heterocycles. The average Bonchev–Trinajstić information content (AvgIpc) is 2.87. The lowest BCUT2D eigenvalue weighted by molar-refractivity contribution is -0.152. The minimum atomic E-state index is -3.11. The minimum absolute atomic E-state index is 0.0143. The van der Waals surface area contributed by atoms with Crippen LogP contribution in [0.2, 0.25) is 0 Å². The van der Waals surface area contributed by atoms with Crippen LogP contribution in [0.5, 0.6) is 0 Å². The molecule has 3 unspecified atom stereocenters. The maximum absolute atomic E-state index is 11.5. The molecule has 2 heterocycles. The third-order valence-corrected chi connectivity index (χ3v) is 5.75. The van der Waals surface area contributed by atoms with Crippen molar-refractivity contribution in [2.24, 2.45) is 5.41 Å². The molecule has 5 nitrogen and oxygen atoms in total. The molecule has 2 rings (SSSR count). The fourth-order valence-electron chi connectivity index (χ4n) is 2.88. The highest BCUT2D eigenvalue weighted by Crippen LogP contribution is 2.50. The molecule has 0 spiro atoms. The molecule has 17 heavy (non-hydrogen) atoms. The summed E-state index contributed by atoms with van der Waals surface area (Å²) in [5.41, 5.74) is -0.967. The van der Waals surface area contributed by atoms with Gasteiger partial charge in [-0.2, -0.15) is 0 Å². The van der Waals surface area contributed by atoms with E-state index in [4.69, 9.17) is 4.74 Å². The van der Waals surface area contributed by atoms with Crippen molar-refractivity contribution in [3.63, 3.8) is 0 Å². The first-order valence-corrected chi connectivity index (χ1v) is 7.81. The van der Waals surface area contributed by atoms with Gasteiger partial charge in [-0.3, -0.25) is 4.79 Å². The van der Waals surface area contributed by atoms with Crippen LogP contribution >= 0.6 is 0 Å². The second-order valence-electron chi connectivity index (χ2n) is 4.98. The molecular formula is C11H18O5S. The zero-order valence-electron chi connectivity index (χ0n) is 9.89. The van der Waals surface area contributed by atoms with E-state index >= 15 is 0 Å². The first kappa shape index (κ1) is 12.8. The summed E-state index contributed by atoms with van der Waals surface area (Å²) in [4.78, 5) is 11.4. The lowest BCUT2D eigenvalue weighted by Crippen LogP contribution is -2.41. The first-order chi connectivity index (χ1) is 7.89. The zero-order valence-corrected chi connectivity index (χ0v) is 10.7. The summed E-state index contributed by atoms with van der Waals surface area (Å²) in [6.07, 6.45) is 2.01. The summed E-state index contributed by atoms with van der Waals surface area (Å²) in [5.74, 6) is -0.893. The van der Waals surface area contributed by atoms with Gasteiger partial charge in [-0.05, 0) is 25.7 Å². The summed E-state index contributed by atoms with van der Waals surface area (Å²) >= 11 is 0. The Morgan fingerprint density at radius 2 is 2.18 bits per heavy atom. The topological polar surface area (TPSA) is 80.7 Å². The lowest BCUT2D eigenvalue weighted by Gasteiger charge is -2.30. The molecule has 2 aliphatic heterocycles. The van der Waals surface area contributed by atoms with Crippen molar-refractivity contribution in [2.45, 2.75) is 44.8 Å². The number of carboxylic acids is 1. The Kier molecular flexibility index (Phi) is 3.20. The Morgan fingerprint density at radius 1 is 1.47 bits per heavy atom. The number of hydrogen-bond acceptors (Lipinski definition) is 4. The van der Waals surface area contributed by atoms with Gasteiger partial charge in [0.25, 0.3) is 0 Å². The van der Waals surface area contributed by atoms with Crippen LogP contribution in [-0.4, -0.2) is 43.2 Å². The number of hydrogen-bond donors (Lipinski definition) is 1. The van der Waals surface area contributed by atoms with Gasteiger partial charge in [0.2, 0.25) is 0 Å². The number of ether oxygens (including phenoxy) is 1. The highest BCUT2D eigenvalue weighted by Gasteiger charge is 2.57. The molecular weight excluding hydrogens is 244 g/mol. The number of rotatable bonds is 5. The Morgan fingerprint density at radius 3 is 2.59 bits per heavy atom. The van der Waals surface area contributed by atoms with Crippen LogP contribution in [0.3, 0.4) is 0 Å². The number of sulfone groups is 1. The SMILES string of the molecule is CCS(=O)(=O)CCC1(C(=O)O)CC2CCC1O2. The van der Waals surface area contributed by atoms with Crippen molar-refractivity contribution in [2.75, 3.05) is 11.5 Å². The minimum Gasteiger partial charge on any atom is -0.481 e. The Labute approximate surface area is 101 Å². The van der Waals surface area contributed by atoms with Gasteiger partial charge in [-0.1, -0.05) is 6.92 Å². The van der Waals surface area contributed by atoms with Gasteiger partial charge < -0.3 is 9.84 Å². The van der Waals surface area contributed by atoms with Gasteiger partial charge >= 0.3 is 5.97 Å². The summed E-state index contributed by atoms with van der Waals surface area (Å²) in [6.45, 7) is 1.58. The van der Waals surface area contributed by atoms with Crippen molar-refractivity contribution in [1.82, 2.24) is 0 Å². The summed E-state index contributed by atoms with van der Waals surface area (Å²) in [7, 11) is -3.11. The van der Waals surface area contributed by atoms with E-state index in [1.165, 1.54) is 0 Å². The molecule has 2 fully saturated rings. The Balaban J connectivity index is 2.12. The van der Waals surface area contributed by atoms with E-state index in [1.807, 2.05) is 0 Å². The quantitative estimate of drug-likeness (QED) is 0.794. The smallest absolute Gasteiger partial charge is 0.312 e. The van der Waals surface area contributed by atoms with Crippen molar-refractivity contribution < 1.29 is 23.1 Å². The number of aliphatic carboxylic acids is 1. The summed E-state index contributed by atoms with van der Waals surface area (Å²) in [6, 6.07) is 0. The first-order valence-electron chi connectivity index (χ1n) is 5.99. The molecule has 1 N–H and O–H groups in total. The molecule has 0 aromatic rings. The number of fused-ring (bicyclic) bond motifs is 2. The molecule has 0 amide bonds. The zero-order chi connectivity index (χ0) is 12.7. The third kappa shape index (κ3) is 2.20. The molecule has 0 saturated carbocycles.